The summed E-state index contributed by atoms with van der Waals surface area (Å²) in [6.07, 6.45) is 2.61. The van der Waals surface area contributed by atoms with E-state index in [1.807, 2.05) is 18.2 Å². The van der Waals surface area contributed by atoms with Gasteiger partial charge in [0.05, 0.1) is 24.2 Å². The van der Waals surface area contributed by atoms with Gasteiger partial charge in [0.2, 0.25) is 0 Å². The van der Waals surface area contributed by atoms with Crippen molar-refractivity contribution in [2.45, 2.75) is 25.7 Å². The summed E-state index contributed by atoms with van der Waals surface area (Å²) in [5.41, 5.74) is 3.46. The second-order valence-corrected chi connectivity index (χ2v) is 5.98. The van der Waals surface area contributed by atoms with Gasteiger partial charge in [-0.1, -0.05) is 17.3 Å². The molecule has 0 atom stereocenters. The highest BCUT2D eigenvalue weighted by Crippen LogP contribution is 2.26. The number of methoxy groups -OCH3 is 1. The molecule has 0 amide bonds. The highest BCUT2D eigenvalue weighted by molar-refractivity contribution is 6.02. The summed E-state index contributed by atoms with van der Waals surface area (Å²) in [6, 6.07) is 11.6. The Labute approximate surface area is 150 Å². The first kappa shape index (κ1) is 17.6. The highest BCUT2D eigenvalue weighted by atomic mass is 16.7. The number of nitrogens with zero attached hydrogens (tertiary/aromatic N) is 2. The van der Waals surface area contributed by atoms with Crippen LogP contribution in [0.3, 0.4) is 0 Å². The molecule has 0 heterocycles. The van der Waals surface area contributed by atoms with E-state index in [0.29, 0.717) is 5.56 Å². The molecule has 0 unspecified atom stereocenters. The van der Waals surface area contributed by atoms with Crippen LogP contribution in [0.25, 0.3) is 0 Å². The number of aryl methyl sites for hydroxylation is 1. The molecule has 134 valence electrons. The van der Waals surface area contributed by atoms with Crippen LogP contribution in [0.4, 0.5) is 5.69 Å². The standard InChI is InChI=1S/C19H18N2O5/c1-25-16-9-10-17-14(12-16)3-2-4-18(17)20-26-19(22)11-13-5-7-15(8-6-13)21(23)24/h5-10,12H,2-4,11H2,1H3/b20-18-. The van der Waals surface area contributed by atoms with Crippen molar-refractivity contribution in [2.24, 2.45) is 5.16 Å². The van der Waals surface area contributed by atoms with Gasteiger partial charge >= 0.3 is 5.97 Å². The van der Waals surface area contributed by atoms with Gasteiger partial charge in [-0.3, -0.25) is 10.1 Å². The summed E-state index contributed by atoms with van der Waals surface area (Å²) in [5, 5.41) is 14.7. The van der Waals surface area contributed by atoms with Crippen LogP contribution in [-0.2, 0) is 22.5 Å². The number of non-ortho nitro benzene ring substituents is 1. The van der Waals surface area contributed by atoms with E-state index in [4.69, 9.17) is 9.57 Å². The lowest BCUT2D eigenvalue weighted by atomic mass is 9.90. The van der Waals surface area contributed by atoms with Crippen LogP contribution in [0.15, 0.2) is 47.6 Å². The van der Waals surface area contributed by atoms with Crippen molar-refractivity contribution >= 4 is 17.4 Å². The fourth-order valence-corrected chi connectivity index (χ4v) is 2.90. The third-order valence-electron chi connectivity index (χ3n) is 4.24. The summed E-state index contributed by atoms with van der Waals surface area (Å²) >= 11 is 0. The van der Waals surface area contributed by atoms with E-state index in [1.165, 1.54) is 24.3 Å². The summed E-state index contributed by atoms with van der Waals surface area (Å²) < 4.78 is 5.24. The highest BCUT2D eigenvalue weighted by Gasteiger charge is 2.17. The molecule has 0 fully saturated rings. The van der Waals surface area contributed by atoms with Crippen LogP contribution >= 0.6 is 0 Å². The number of hydrogen-bond acceptors (Lipinski definition) is 6. The molecule has 0 spiro atoms. The summed E-state index contributed by atoms with van der Waals surface area (Å²) in [4.78, 5) is 27.2. The fraction of sp³-hybridized carbons (Fsp3) is 0.263. The minimum atomic E-state index is -0.507. The molecule has 0 radical (unpaired) electrons. The molecule has 2 aromatic rings. The summed E-state index contributed by atoms with van der Waals surface area (Å²) in [7, 11) is 1.62. The van der Waals surface area contributed by atoms with E-state index in [9.17, 15) is 14.9 Å². The fourth-order valence-electron chi connectivity index (χ4n) is 2.90. The number of nitro benzene ring substituents is 1. The van der Waals surface area contributed by atoms with Crippen LogP contribution in [0.2, 0.25) is 0 Å². The van der Waals surface area contributed by atoms with Crippen molar-refractivity contribution < 1.29 is 19.3 Å². The Hall–Kier alpha value is -3.22. The van der Waals surface area contributed by atoms with Crippen LogP contribution < -0.4 is 4.74 Å². The van der Waals surface area contributed by atoms with Crippen molar-refractivity contribution in [2.75, 3.05) is 7.11 Å². The molecule has 7 nitrogen and oxygen atoms in total. The Morgan fingerprint density at radius 3 is 2.65 bits per heavy atom. The van der Waals surface area contributed by atoms with Crippen molar-refractivity contribution in [3.05, 3.63) is 69.3 Å². The van der Waals surface area contributed by atoms with E-state index in [1.54, 1.807) is 7.11 Å². The van der Waals surface area contributed by atoms with Crippen molar-refractivity contribution in [1.29, 1.82) is 0 Å². The van der Waals surface area contributed by atoms with Gasteiger partial charge in [-0.15, -0.1) is 0 Å². The van der Waals surface area contributed by atoms with Crippen molar-refractivity contribution in [3.63, 3.8) is 0 Å². The number of carbonyl (C=O) groups excluding carboxylic acids is 1. The zero-order valence-corrected chi connectivity index (χ0v) is 14.3. The van der Waals surface area contributed by atoms with Crippen LogP contribution in [-0.4, -0.2) is 23.7 Å². The predicted molar refractivity (Wildman–Crippen MR) is 95.4 cm³/mol. The molecule has 0 aliphatic heterocycles. The van der Waals surface area contributed by atoms with Gasteiger partial charge < -0.3 is 9.57 Å². The Kier molecular flexibility index (Phi) is 5.26. The lowest BCUT2D eigenvalue weighted by Gasteiger charge is -2.17. The van der Waals surface area contributed by atoms with Gasteiger partial charge in [-0.25, -0.2) is 4.79 Å². The number of oxime groups is 1. The third kappa shape index (κ3) is 4.05. The number of fused-ring (bicyclic) bond motifs is 1. The molecule has 0 N–H and O–H groups in total. The van der Waals surface area contributed by atoms with E-state index in [0.717, 1.165) is 41.9 Å². The normalized spacial score (nSPS) is 14.6. The second-order valence-electron chi connectivity index (χ2n) is 5.98. The zero-order chi connectivity index (χ0) is 18.5. The van der Waals surface area contributed by atoms with Crippen LogP contribution in [0.5, 0.6) is 5.75 Å². The largest absolute Gasteiger partial charge is 0.497 e. The van der Waals surface area contributed by atoms with Gasteiger partial charge in [-0.2, -0.15) is 0 Å². The summed E-state index contributed by atoms with van der Waals surface area (Å²) in [5.74, 6) is 0.284. The van der Waals surface area contributed by atoms with Crippen LogP contribution in [0.1, 0.15) is 29.5 Å². The van der Waals surface area contributed by atoms with Crippen molar-refractivity contribution in [3.8, 4) is 5.75 Å². The van der Waals surface area contributed by atoms with Crippen molar-refractivity contribution in [1.82, 2.24) is 0 Å². The molecule has 0 saturated carbocycles. The Morgan fingerprint density at radius 2 is 1.96 bits per heavy atom. The molecule has 26 heavy (non-hydrogen) atoms. The maximum Gasteiger partial charge on any atom is 0.339 e. The maximum absolute atomic E-state index is 12.0. The van der Waals surface area contributed by atoms with Gasteiger partial charge in [0.25, 0.3) is 5.69 Å². The van der Waals surface area contributed by atoms with Gasteiger partial charge in [0.15, 0.2) is 0 Å². The first-order valence-electron chi connectivity index (χ1n) is 8.24. The average Bonchev–Trinajstić information content (AvgIpc) is 2.66. The second kappa shape index (κ2) is 7.77. The Morgan fingerprint density at radius 1 is 1.19 bits per heavy atom. The Balaban J connectivity index is 1.66. The minimum absolute atomic E-state index is 0.00421. The minimum Gasteiger partial charge on any atom is -0.497 e. The average molecular weight is 354 g/mol. The number of carbonyl (C=O) groups is 1. The number of rotatable bonds is 5. The third-order valence-corrected chi connectivity index (χ3v) is 4.24. The molecule has 1 aliphatic carbocycles. The molecular formula is C19H18N2O5. The molecule has 1 aliphatic rings. The molecule has 3 rings (SSSR count). The predicted octanol–water partition coefficient (Wildman–Crippen LogP) is 3.43. The number of nitro groups is 1. The molecule has 7 heteroatoms. The molecule has 0 bridgehead atoms. The molecular weight excluding hydrogens is 336 g/mol. The van der Waals surface area contributed by atoms with E-state index in [2.05, 4.69) is 5.16 Å². The topological polar surface area (TPSA) is 91.0 Å². The first-order chi connectivity index (χ1) is 12.6. The Bertz CT molecular complexity index is 859. The maximum atomic E-state index is 12.0. The number of benzene rings is 2. The lowest BCUT2D eigenvalue weighted by Crippen LogP contribution is -2.14. The summed E-state index contributed by atoms with van der Waals surface area (Å²) in [6.45, 7) is 0. The van der Waals surface area contributed by atoms with Crippen LogP contribution in [0, 0.1) is 10.1 Å². The molecule has 2 aromatic carbocycles. The van der Waals surface area contributed by atoms with E-state index >= 15 is 0 Å². The molecule has 0 saturated heterocycles. The van der Waals surface area contributed by atoms with Gasteiger partial charge in [-0.05, 0) is 48.6 Å². The van der Waals surface area contributed by atoms with E-state index in [-0.39, 0.29) is 12.1 Å². The zero-order valence-electron chi connectivity index (χ0n) is 14.3. The first-order valence-corrected chi connectivity index (χ1v) is 8.24. The monoisotopic (exact) mass is 354 g/mol. The smallest absolute Gasteiger partial charge is 0.339 e. The SMILES string of the molecule is COc1ccc2c(c1)CCC/C2=N/OC(=O)Cc1ccc([N+](=O)[O-])cc1. The molecule has 0 aromatic heterocycles. The number of hydrogen-bond donors (Lipinski definition) is 0. The van der Waals surface area contributed by atoms with Gasteiger partial charge in [0, 0.05) is 17.7 Å². The quantitative estimate of drug-likeness (QED) is 0.466. The van der Waals surface area contributed by atoms with E-state index < -0.39 is 10.9 Å². The lowest BCUT2D eigenvalue weighted by molar-refractivity contribution is -0.384. The van der Waals surface area contributed by atoms with Gasteiger partial charge in [0.1, 0.15) is 5.75 Å². The number of ether oxygens (including phenoxy) is 1.